The van der Waals surface area contributed by atoms with Crippen LogP contribution in [0, 0.1) is 12.8 Å². The molecule has 2 aromatic rings. The second-order valence-electron chi connectivity index (χ2n) is 7.16. The molecule has 2 aromatic heterocycles. The van der Waals surface area contributed by atoms with Gasteiger partial charge in [-0.3, -0.25) is 9.59 Å². The number of amides is 2. The number of hydrogen-bond acceptors (Lipinski definition) is 8. The summed E-state index contributed by atoms with van der Waals surface area (Å²) in [6.45, 7) is 3.99. The molecule has 1 aliphatic heterocycles. The molecular weight excluding hydrogens is 474 g/mol. The molecule has 0 saturated carbocycles. The molecule has 174 valence electrons. The van der Waals surface area contributed by atoms with Crippen molar-refractivity contribution >= 4 is 55.5 Å². The molecule has 0 bridgehead atoms. The van der Waals surface area contributed by atoms with Crippen molar-refractivity contribution < 1.29 is 27.5 Å². The minimum Gasteiger partial charge on any atom is -0.462 e. The van der Waals surface area contributed by atoms with Gasteiger partial charge in [0, 0.05) is 26.1 Å². The molecule has 1 saturated heterocycles. The van der Waals surface area contributed by atoms with Crippen LogP contribution in [-0.2, 0) is 19.6 Å². The standard InChI is InChI=1S/C20H25N3O6S3/c1-4-29-20(26)16-12(2)15(18(25)21-3)19(31-16)22-17(24)13-7-9-23(10-8-13)32(27,28)14-6-5-11-30-14/h5-6,11,13H,4,7-10H2,1-3H3,(H,21,25)(H,22,24). The average molecular weight is 500 g/mol. The van der Waals surface area contributed by atoms with E-state index in [1.54, 1.807) is 31.4 Å². The summed E-state index contributed by atoms with van der Waals surface area (Å²) in [7, 11) is -2.08. The highest BCUT2D eigenvalue weighted by Gasteiger charge is 2.34. The summed E-state index contributed by atoms with van der Waals surface area (Å²) in [6.07, 6.45) is 0.724. The Labute approximate surface area is 194 Å². The number of esters is 1. The van der Waals surface area contributed by atoms with Gasteiger partial charge in [-0.25, -0.2) is 13.2 Å². The number of carbonyl (C=O) groups excluding carboxylic acids is 3. The molecular formula is C20H25N3O6S3. The summed E-state index contributed by atoms with van der Waals surface area (Å²) in [4.78, 5) is 37.8. The normalized spacial score (nSPS) is 15.3. The molecule has 0 spiro atoms. The molecule has 1 aliphatic rings. The maximum Gasteiger partial charge on any atom is 0.348 e. The number of nitrogens with zero attached hydrogens (tertiary/aromatic N) is 1. The van der Waals surface area contributed by atoms with E-state index in [-0.39, 0.29) is 45.3 Å². The second-order valence-corrected chi connectivity index (χ2v) is 11.3. The van der Waals surface area contributed by atoms with Gasteiger partial charge in [0.05, 0.1) is 12.2 Å². The fraction of sp³-hybridized carbons (Fsp3) is 0.450. The Hall–Kier alpha value is -2.28. The van der Waals surface area contributed by atoms with Crippen LogP contribution in [0.15, 0.2) is 21.7 Å². The maximum absolute atomic E-state index is 12.9. The monoisotopic (exact) mass is 499 g/mol. The Morgan fingerprint density at radius 3 is 2.50 bits per heavy atom. The van der Waals surface area contributed by atoms with E-state index in [1.165, 1.54) is 11.4 Å². The van der Waals surface area contributed by atoms with Gasteiger partial charge in [0.25, 0.3) is 15.9 Å². The number of ether oxygens (including phenoxy) is 1. The van der Waals surface area contributed by atoms with Crippen molar-refractivity contribution in [2.24, 2.45) is 5.92 Å². The lowest BCUT2D eigenvalue weighted by Crippen LogP contribution is -2.41. The Kier molecular flexibility index (Phi) is 7.70. The zero-order valence-corrected chi connectivity index (χ0v) is 20.4. The molecule has 2 N–H and O–H groups in total. The first-order chi connectivity index (χ1) is 15.2. The van der Waals surface area contributed by atoms with E-state index in [4.69, 9.17) is 4.74 Å². The maximum atomic E-state index is 12.9. The minimum atomic E-state index is -3.55. The lowest BCUT2D eigenvalue weighted by molar-refractivity contribution is -0.120. The summed E-state index contributed by atoms with van der Waals surface area (Å²) in [6, 6.07) is 3.26. The number of thiophene rings is 2. The third-order valence-electron chi connectivity index (χ3n) is 5.21. The van der Waals surface area contributed by atoms with Crippen molar-refractivity contribution in [1.82, 2.24) is 9.62 Å². The summed E-state index contributed by atoms with van der Waals surface area (Å²) in [5, 5.41) is 7.30. The van der Waals surface area contributed by atoms with Gasteiger partial charge in [-0.1, -0.05) is 6.07 Å². The van der Waals surface area contributed by atoms with E-state index in [0.717, 1.165) is 22.7 Å². The van der Waals surface area contributed by atoms with Crippen LogP contribution < -0.4 is 10.6 Å². The van der Waals surface area contributed by atoms with Crippen molar-refractivity contribution in [3.05, 3.63) is 33.5 Å². The van der Waals surface area contributed by atoms with Crippen LogP contribution in [0.2, 0.25) is 0 Å². The number of carbonyl (C=O) groups is 3. The summed E-state index contributed by atoms with van der Waals surface area (Å²) >= 11 is 2.17. The highest BCUT2D eigenvalue weighted by Crippen LogP contribution is 2.35. The molecule has 2 amide bonds. The van der Waals surface area contributed by atoms with Gasteiger partial charge in [-0.05, 0) is 43.7 Å². The van der Waals surface area contributed by atoms with Crippen molar-refractivity contribution in [2.75, 3.05) is 32.1 Å². The topological polar surface area (TPSA) is 122 Å². The fourth-order valence-corrected chi connectivity index (χ4v) is 7.22. The zero-order valence-electron chi connectivity index (χ0n) is 18.0. The van der Waals surface area contributed by atoms with E-state index < -0.39 is 27.8 Å². The SMILES string of the molecule is CCOC(=O)c1sc(NC(=O)C2CCN(S(=O)(=O)c3cccs3)CC2)c(C(=O)NC)c1C. The highest BCUT2D eigenvalue weighted by molar-refractivity contribution is 7.91. The number of piperidine rings is 1. The van der Waals surface area contributed by atoms with Crippen LogP contribution in [0.5, 0.6) is 0 Å². The van der Waals surface area contributed by atoms with Gasteiger partial charge < -0.3 is 15.4 Å². The Balaban J connectivity index is 1.73. The number of rotatable bonds is 7. The lowest BCUT2D eigenvalue weighted by atomic mass is 9.97. The first kappa shape index (κ1) is 24.4. The number of sulfonamides is 1. The summed E-state index contributed by atoms with van der Waals surface area (Å²) in [5.74, 6) is -1.68. The van der Waals surface area contributed by atoms with Crippen LogP contribution in [0.3, 0.4) is 0 Å². The average Bonchev–Trinajstić information content (AvgIpc) is 3.42. The number of nitrogens with one attached hydrogen (secondary N) is 2. The molecule has 12 heteroatoms. The van der Waals surface area contributed by atoms with Crippen molar-refractivity contribution in [3.63, 3.8) is 0 Å². The molecule has 9 nitrogen and oxygen atoms in total. The molecule has 0 aliphatic carbocycles. The zero-order chi connectivity index (χ0) is 23.5. The molecule has 3 rings (SSSR count). The van der Waals surface area contributed by atoms with Crippen LogP contribution >= 0.6 is 22.7 Å². The summed E-state index contributed by atoms with van der Waals surface area (Å²) < 4.78 is 32.1. The van der Waals surface area contributed by atoms with E-state index in [9.17, 15) is 22.8 Å². The van der Waals surface area contributed by atoms with Gasteiger partial charge in [0.1, 0.15) is 14.1 Å². The van der Waals surface area contributed by atoms with Crippen LogP contribution in [-0.4, -0.2) is 57.3 Å². The second kappa shape index (κ2) is 10.1. The first-order valence-corrected chi connectivity index (χ1v) is 13.2. The van der Waals surface area contributed by atoms with E-state index in [2.05, 4.69) is 10.6 Å². The first-order valence-electron chi connectivity index (χ1n) is 10.1. The lowest BCUT2D eigenvalue weighted by Gasteiger charge is -2.30. The van der Waals surface area contributed by atoms with Crippen molar-refractivity contribution in [3.8, 4) is 0 Å². The summed E-state index contributed by atoms with van der Waals surface area (Å²) in [5.41, 5.74) is 0.673. The quantitative estimate of drug-likeness (QED) is 0.565. The third-order valence-corrected chi connectivity index (χ3v) is 9.67. The molecule has 0 atom stereocenters. The van der Waals surface area contributed by atoms with Gasteiger partial charge >= 0.3 is 5.97 Å². The number of hydrogen-bond donors (Lipinski definition) is 2. The molecule has 3 heterocycles. The minimum absolute atomic E-state index is 0.195. The van der Waals surface area contributed by atoms with Crippen molar-refractivity contribution in [1.29, 1.82) is 0 Å². The molecule has 0 aromatic carbocycles. The van der Waals surface area contributed by atoms with E-state index >= 15 is 0 Å². The highest BCUT2D eigenvalue weighted by atomic mass is 32.2. The van der Waals surface area contributed by atoms with Gasteiger partial charge in [-0.15, -0.1) is 22.7 Å². The Bertz CT molecular complexity index is 1100. The van der Waals surface area contributed by atoms with Crippen LogP contribution in [0.4, 0.5) is 5.00 Å². The molecule has 32 heavy (non-hydrogen) atoms. The predicted molar refractivity (Wildman–Crippen MR) is 123 cm³/mol. The number of anilines is 1. The van der Waals surface area contributed by atoms with Gasteiger partial charge in [0.2, 0.25) is 5.91 Å². The predicted octanol–water partition coefficient (Wildman–Crippen LogP) is 2.69. The van der Waals surface area contributed by atoms with E-state index in [0.29, 0.717) is 18.4 Å². The smallest absolute Gasteiger partial charge is 0.348 e. The molecule has 0 unspecified atom stereocenters. The van der Waals surface area contributed by atoms with Crippen LogP contribution in [0.1, 0.15) is 45.4 Å². The van der Waals surface area contributed by atoms with Gasteiger partial charge in [-0.2, -0.15) is 4.31 Å². The van der Waals surface area contributed by atoms with E-state index in [1.807, 2.05) is 0 Å². The van der Waals surface area contributed by atoms with Crippen molar-refractivity contribution in [2.45, 2.75) is 30.9 Å². The third kappa shape index (κ3) is 4.87. The fourth-order valence-electron chi connectivity index (χ4n) is 3.50. The van der Waals surface area contributed by atoms with Crippen LogP contribution in [0.25, 0.3) is 0 Å². The Morgan fingerprint density at radius 2 is 1.94 bits per heavy atom. The Morgan fingerprint density at radius 1 is 1.25 bits per heavy atom. The molecule has 1 fully saturated rings. The van der Waals surface area contributed by atoms with Gasteiger partial charge in [0.15, 0.2) is 0 Å². The molecule has 0 radical (unpaired) electrons. The largest absolute Gasteiger partial charge is 0.462 e.